The largest absolute Gasteiger partial charge is 0.494 e. The van der Waals surface area contributed by atoms with E-state index in [0.29, 0.717) is 24.7 Å². The first-order valence-corrected chi connectivity index (χ1v) is 8.61. The van der Waals surface area contributed by atoms with Crippen LogP contribution >= 0.6 is 0 Å². The highest BCUT2D eigenvalue weighted by atomic mass is 32.2. The first-order valence-electron chi connectivity index (χ1n) is 7.12. The molecule has 1 aliphatic heterocycles. The van der Waals surface area contributed by atoms with Crippen LogP contribution in [0.25, 0.3) is 0 Å². The molecule has 2 aromatic rings. The van der Waals surface area contributed by atoms with E-state index in [9.17, 15) is 8.42 Å². The van der Waals surface area contributed by atoms with Gasteiger partial charge >= 0.3 is 0 Å². The molecule has 2 heterocycles. The fraction of sp³-hybridized carbons (Fsp3) is 0.357. The van der Waals surface area contributed by atoms with Crippen molar-refractivity contribution < 1.29 is 13.2 Å². The molecule has 1 aliphatic rings. The van der Waals surface area contributed by atoms with E-state index in [2.05, 4.69) is 20.2 Å². The number of hydrogen-bond acceptors (Lipinski definition) is 5. The minimum absolute atomic E-state index is 0.182. The highest BCUT2D eigenvalue weighted by molar-refractivity contribution is 7.92. The first-order chi connectivity index (χ1) is 10.6. The summed E-state index contributed by atoms with van der Waals surface area (Å²) in [6.45, 7) is 3.90. The molecule has 1 aromatic heterocycles. The van der Waals surface area contributed by atoms with E-state index in [4.69, 9.17) is 4.74 Å². The Bertz CT molecular complexity index is 753. The maximum Gasteiger partial charge on any atom is 0.263 e. The lowest BCUT2D eigenvalue weighted by molar-refractivity contribution is 0.340. The molecule has 0 fully saturated rings. The van der Waals surface area contributed by atoms with Crippen molar-refractivity contribution in [2.24, 2.45) is 0 Å². The van der Waals surface area contributed by atoms with Crippen LogP contribution in [0.15, 0.2) is 29.2 Å². The van der Waals surface area contributed by atoms with Gasteiger partial charge in [-0.15, -0.1) is 0 Å². The average Bonchev–Trinajstić information content (AvgIpc) is 2.91. The number of rotatable bonds is 5. The second kappa shape index (κ2) is 5.98. The molecule has 0 radical (unpaired) electrons. The Kier molecular flexibility index (Phi) is 4.04. The van der Waals surface area contributed by atoms with Gasteiger partial charge in [0, 0.05) is 12.1 Å². The number of fused-ring (bicyclic) bond motifs is 1. The summed E-state index contributed by atoms with van der Waals surface area (Å²) in [6, 6.07) is 6.33. The minimum atomic E-state index is -3.66. The summed E-state index contributed by atoms with van der Waals surface area (Å²) in [4.78, 5) is 0.182. The Labute approximate surface area is 129 Å². The van der Waals surface area contributed by atoms with Crippen LogP contribution in [0.2, 0.25) is 0 Å². The predicted octanol–water partition coefficient (Wildman–Crippen LogP) is 1.25. The van der Waals surface area contributed by atoms with Gasteiger partial charge in [0.1, 0.15) is 5.75 Å². The van der Waals surface area contributed by atoms with E-state index in [0.717, 1.165) is 24.2 Å². The van der Waals surface area contributed by atoms with Crippen molar-refractivity contribution in [3.05, 3.63) is 35.5 Å². The molecule has 0 unspecified atom stereocenters. The molecule has 8 heteroatoms. The maximum atomic E-state index is 12.4. The molecule has 0 amide bonds. The normalized spacial score (nSPS) is 14.4. The van der Waals surface area contributed by atoms with Crippen molar-refractivity contribution in [3.8, 4) is 5.75 Å². The van der Waals surface area contributed by atoms with E-state index >= 15 is 0 Å². The molecular formula is C14H18N4O3S. The van der Waals surface area contributed by atoms with Crippen LogP contribution in [0, 0.1) is 0 Å². The summed E-state index contributed by atoms with van der Waals surface area (Å²) < 4.78 is 32.7. The highest BCUT2D eigenvalue weighted by Crippen LogP contribution is 2.23. The summed E-state index contributed by atoms with van der Waals surface area (Å²) in [5, 5.41) is 10.1. The van der Waals surface area contributed by atoms with Crippen LogP contribution in [-0.2, 0) is 23.0 Å². The van der Waals surface area contributed by atoms with Crippen molar-refractivity contribution in [2.45, 2.75) is 24.8 Å². The van der Waals surface area contributed by atoms with E-state index in [1.165, 1.54) is 12.1 Å². The van der Waals surface area contributed by atoms with Gasteiger partial charge in [0.05, 0.1) is 17.2 Å². The zero-order valence-electron chi connectivity index (χ0n) is 12.2. The van der Waals surface area contributed by atoms with Crippen LogP contribution in [0.1, 0.15) is 18.2 Å². The molecular weight excluding hydrogens is 304 g/mol. The number of hydrogen-bond donors (Lipinski definition) is 3. The van der Waals surface area contributed by atoms with Crippen molar-refractivity contribution in [3.63, 3.8) is 0 Å². The highest BCUT2D eigenvalue weighted by Gasteiger charge is 2.21. The smallest absolute Gasteiger partial charge is 0.263 e. The van der Waals surface area contributed by atoms with Crippen molar-refractivity contribution in [1.82, 2.24) is 15.5 Å². The Morgan fingerprint density at radius 3 is 2.82 bits per heavy atom. The monoisotopic (exact) mass is 322 g/mol. The van der Waals surface area contributed by atoms with Crippen LogP contribution in [0.4, 0.5) is 5.82 Å². The van der Waals surface area contributed by atoms with Gasteiger partial charge < -0.3 is 10.1 Å². The van der Waals surface area contributed by atoms with Gasteiger partial charge in [0.25, 0.3) is 10.0 Å². The van der Waals surface area contributed by atoms with E-state index < -0.39 is 10.0 Å². The number of ether oxygens (including phenoxy) is 1. The number of benzene rings is 1. The van der Waals surface area contributed by atoms with Gasteiger partial charge in [-0.25, -0.2) is 8.42 Å². The van der Waals surface area contributed by atoms with Gasteiger partial charge in [-0.05, 0) is 44.2 Å². The topological polar surface area (TPSA) is 96.1 Å². The van der Waals surface area contributed by atoms with Crippen molar-refractivity contribution in [1.29, 1.82) is 0 Å². The molecule has 118 valence electrons. The number of nitrogens with zero attached hydrogens (tertiary/aromatic N) is 1. The Balaban J connectivity index is 1.82. The lowest BCUT2D eigenvalue weighted by Gasteiger charge is -2.13. The molecule has 0 saturated heterocycles. The number of nitrogens with one attached hydrogen (secondary N) is 3. The van der Waals surface area contributed by atoms with Crippen LogP contribution < -0.4 is 14.8 Å². The van der Waals surface area contributed by atoms with Crippen molar-refractivity contribution in [2.75, 3.05) is 17.9 Å². The summed E-state index contributed by atoms with van der Waals surface area (Å²) in [5.41, 5.74) is 1.85. The fourth-order valence-corrected chi connectivity index (χ4v) is 3.43. The molecule has 3 N–H and O–H groups in total. The minimum Gasteiger partial charge on any atom is -0.494 e. The van der Waals surface area contributed by atoms with E-state index in [1.807, 2.05) is 6.92 Å². The molecule has 0 bridgehead atoms. The summed E-state index contributed by atoms with van der Waals surface area (Å²) in [7, 11) is -3.66. The maximum absolute atomic E-state index is 12.4. The van der Waals surface area contributed by atoms with E-state index in [-0.39, 0.29) is 4.90 Å². The average molecular weight is 322 g/mol. The number of aromatic nitrogens is 2. The van der Waals surface area contributed by atoms with E-state index in [1.54, 1.807) is 12.1 Å². The summed E-state index contributed by atoms with van der Waals surface area (Å²) >= 11 is 0. The number of sulfonamides is 1. The lowest BCUT2D eigenvalue weighted by Crippen LogP contribution is -2.24. The molecule has 3 rings (SSSR count). The van der Waals surface area contributed by atoms with Crippen LogP contribution in [0.3, 0.4) is 0 Å². The van der Waals surface area contributed by atoms with Crippen molar-refractivity contribution >= 4 is 15.8 Å². The standard InChI is InChI=1S/C14H18N4O3S/c1-2-21-10-3-5-11(6-4-10)22(19,20)18-14-12-7-8-15-9-13(12)16-17-14/h3-6,15H,2,7-9H2,1H3,(H2,16,17,18). The SMILES string of the molecule is CCOc1ccc(S(=O)(=O)Nc2n[nH]c3c2CCNC3)cc1. The molecule has 0 saturated carbocycles. The molecule has 0 spiro atoms. The Morgan fingerprint density at radius 2 is 2.09 bits per heavy atom. The quantitative estimate of drug-likeness (QED) is 0.770. The van der Waals surface area contributed by atoms with Crippen LogP contribution in [-0.4, -0.2) is 31.8 Å². The second-order valence-corrected chi connectivity index (χ2v) is 6.65. The number of aromatic amines is 1. The lowest BCUT2D eigenvalue weighted by atomic mass is 10.1. The third-order valence-corrected chi connectivity index (χ3v) is 4.84. The van der Waals surface area contributed by atoms with Gasteiger partial charge in [-0.1, -0.05) is 0 Å². The molecule has 0 atom stereocenters. The van der Waals surface area contributed by atoms with Gasteiger partial charge in [-0.3, -0.25) is 9.82 Å². The second-order valence-electron chi connectivity index (χ2n) is 4.97. The molecule has 7 nitrogen and oxygen atoms in total. The zero-order chi connectivity index (χ0) is 15.6. The predicted molar refractivity (Wildman–Crippen MR) is 82.4 cm³/mol. The molecule has 0 aliphatic carbocycles. The Hall–Kier alpha value is -2.06. The van der Waals surface area contributed by atoms with Gasteiger partial charge in [-0.2, -0.15) is 5.10 Å². The first kappa shape index (κ1) is 14.9. The summed E-state index contributed by atoms with van der Waals surface area (Å²) in [6.07, 6.45) is 0.743. The zero-order valence-corrected chi connectivity index (χ0v) is 13.0. The third kappa shape index (κ3) is 2.93. The van der Waals surface area contributed by atoms with Gasteiger partial charge in [0.2, 0.25) is 0 Å². The van der Waals surface area contributed by atoms with Crippen LogP contribution in [0.5, 0.6) is 5.75 Å². The molecule has 1 aromatic carbocycles. The molecule has 22 heavy (non-hydrogen) atoms. The van der Waals surface area contributed by atoms with Gasteiger partial charge in [0.15, 0.2) is 5.82 Å². The third-order valence-electron chi connectivity index (χ3n) is 3.48. The number of anilines is 1. The fourth-order valence-electron chi connectivity index (χ4n) is 2.40. The Morgan fingerprint density at radius 1 is 1.32 bits per heavy atom. The number of H-pyrrole nitrogens is 1. The summed E-state index contributed by atoms with van der Waals surface area (Å²) in [5.74, 6) is 1.02.